The maximum absolute atomic E-state index is 5.90. The molecule has 1 saturated carbocycles. The summed E-state index contributed by atoms with van der Waals surface area (Å²) >= 11 is 0. The van der Waals surface area contributed by atoms with Gasteiger partial charge >= 0.3 is 0 Å². The van der Waals surface area contributed by atoms with E-state index in [0.717, 1.165) is 23.2 Å². The maximum atomic E-state index is 5.90. The summed E-state index contributed by atoms with van der Waals surface area (Å²) in [6.45, 7) is 1.19. The topological polar surface area (TPSA) is 42.1 Å². The van der Waals surface area contributed by atoms with Gasteiger partial charge in [0.1, 0.15) is 0 Å². The number of nitrogens with two attached hydrogens (primary N) is 1. The first-order chi connectivity index (χ1) is 10.3. The van der Waals surface area contributed by atoms with Gasteiger partial charge in [0, 0.05) is 35.5 Å². The number of piperidine rings is 1. The van der Waals surface area contributed by atoms with Crippen LogP contribution in [-0.4, -0.2) is 17.6 Å². The molecular formula is C18H23N3. The standard InChI is InChI=1S/C18H23N3/c19-14-7-8-15-16(12-14)20-10-9-18(15)21-11-3-5-13-4-1-2-6-17(13)21/h7-10,12-13,17H,1-6,11,19H2. The summed E-state index contributed by atoms with van der Waals surface area (Å²) in [7, 11) is 0. The number of benzene rings is 1. The molecule has 2 aliphatic rings. The molecule has 110 valence electrons. The van der Waals surface area contributed by atoms with Gasteiger partial charge < -0.3 is 10.6 Å². The van der Waals surface area contributed by atoms with Crippen molar-refractivity contribution in [2.45, 2.75) is 44.6 Å². The molecule has 21 heavy (non-hydrogen) atoms. The first-order valence-electron chi connectivity index (χ1n) is 8.24. The third-order valence-electron chi connectivity index (χ3n) is 5.30. The molecule has 1 aromatic heterocycles. The number of aromatic nitrogens is 1. The van der Waals surface area contributed by atoms with Gasteiger partial charge in [-0.15, -0.1) is 0 Å². The van der Waals surface area contributed by atoms with Crippen LogP contribution in [0.5, 0.6) is 0 Å². The molecule has 1 aromatic carbocycles. The van der Waals surface area contributed by atoms with Gasteiger partial charge in [0.05, 0.1) is 5.52 Å². The quantitative estimate of drug-likeness (QED) is 0.804. The minimum absolute atomic E-state index is 0.732. The number of nitrogens with zero attached hydrogens (tertiary/aromatic N) is 2. The number of anilines is 2. The predicted molar refractivity (Wildman–Crippen MR) is 88.5 cm³/mol. The fourth-order valence-electron chi connectivity index (χ4n) is 4.32. The van der Waals surface area contributed by atoms with E-state index < -0.39 is 0 Å². The van der Waals surface area contributed by atoms with E-state index in [4.69, 9.17) is 5.73 Å². The second-order valence-corrected chi connectivity index (χ2v) is 6.55. The summed E-state index contributed by atoms with van der Waals surface area (Å²) < 4.78 is 0. The van der Waals surface area contributed by atoms with Crippen molar-refractivity contribution in [2.24, 2.45) is 5.92 Å². The Hall–Kier alpha value is -1.77. The highest BCUT2D eigenvalue weighted by atomic mass is 15.2. The minimum atomic E-state index is 0.732. The summed E-state index contributed by atoms with van der Waals surface area (Å²) in [5.74, 6) is 0.893. The van der Waals surface area contributed by atoms with Crippen LogP contribution < -0.4 is 10.6 Å². The molecule has 2 N–H and O–H groups in total. The number of nitrogen functional groups attached to an aromatic ring is 1. The van der Waals surface area contributed by atoms with Crippen molar-refractivity contribution in [2.75, 3.05) is 17.2 Å². The second-order valence-electron chi connectivity index (χ2n) is 6.55. The van der Waals surface area contributed by atoms with Crippen LogP contribution in [0.4, 0.5) is 11.4 Å². The van der Waals surface area contributed by atoms with Crippen LogP contribution in [-0.2, 0) is 0 Å². The Morgan fingerprint density at radius 3 is 2.86 bits per heavy atom. The van der Waals surface area contributed by atoms with E-state index in [9.17, 15) is 0 Å². The van der Waals surface area contributed by atoms with E-state index in [0.29, 0.717) is 0 Å². The number of rotatable bonds is 1. The van der Waals surface area contributed by atoms with Gasteiger partial charge in [0.15, 0.2) is 0 Å². The van der Waals surface area contributed by atoms with Crippen molar-refractivity contribution in [3.63, 3.8) is 0 Å². The Kier molecular flexibility index (Phi) is 3.21. The zero-order valence-corrected chi connectivity index (χ0v) is 12.5. The summed E-state index contributed by atoms with van der Waals surface area (Å²) in [4.78, 5) is 7.16. The largest absolute Gasteiger partial charge is 0.399 e. The SMILES string of the molecule is Nc1ccc2c(N3CCCC4CCCCC43)ccnc2c1. The molecule has 1 aliphatic heterocycles. The molecule has 2 fully saturated rings. The van der Waals surface area contributed by atoms with Crippen molar-refractivity contribution in [1.82, 2.24) is 4.98 Å². The van der Waals surface area contributed by atoms with Gasteiger partial charge in [-0.2, -0.15) is 0 Å². The molecule has 3 heteroatoms. The first kappa shape index (κ1) is 12.9. The van der Waals surface area contributed by atoms with Gasteiger partial charge in [-0.1, -0.05) is 12.8 Å². The lowest BCUT2D eigenvalue weighted by molar-refractivity contribution is 0.244. The monoisotopic (exact) mass is 281 g/mol. The third-order valence-corrected chi connectivity index (χ3v) is 5.30. The highest BCUT2D eigenvalue weighted by Crippen LogP contribution is 2.39. The van der Waals surface area contributed by atoms with Gasteiger partial charge in [-0.05, 0) is 55.9 Å². The number of fused-ring (bicyclic) bond motifs is 2. The van der Waals surface area contributed by atoms with Crippen molar-refractivity contribution in [3.05, 3.63) is 30.5 Å². The molecule has 4 rings (SSSR count). The molecular weight excluding hydrogens is 258 g/mol. The number of hydrogen-bond acceptors (Lipinski definition) is 3. The number of hydrogen-bond donors (Lipinski definition) is 1. The van der Waals surface area contributed by atoms with E-state index in [1.807, 2.05) is 18.3 Å². The summed E-state index contributed by atoms with van der Waals surface area (Å²) in [6, 6.07) is 9.04. The highest BCUT2D eigenvalue weighted by Gasteiger charge is 2.33. The smallest absolute Gasteiger partial charge is 0.0743 e. The van der Waals surface area contributed by atoms with Crippen molar-refractivity contribution in [3.8, 4) is 0 Å². The molecule has 0 spiro atoms. The van der Waals surface area contributed by atoms with E-state index in [1.54, 1.807) is 0 Å². The normalized spacial score (nSPS) is 25.8. The fraction of sp³-hybridized carbons (Fsp3) is 0.500. The van der Waals surface area contributed by atoms with Crippen LogP contribution in [0.15, 0.2) is 30.5 Å². The van der Waals surface area contributed by atoms with Crippen molar-refractivity contribution >= 4 is 22.3 Å². The average molecular weight is 281 g/mol. The summed E-state index contributed by atoms with van der Waals surface area (Å²) in [6.07, 6.45) is 10.2. The lowest BCUT2D eigenvalue weighted by atomic mass is 9.78. The van der Waals surface area contributed by atoms with E-state index in [1.165, 1.54) is 56.1 Å². The van der Waals surface area contributed by atoms with Crippen LogP contribution in [0.1, 0.15) is 38.5 Å². The Bertz CT molecular complexity index is 650. The van der Waals surface area contributed by atoms with Gasteiger partial charge in [0.2, 0.25) is 0 Å². The molecule has 1 saturated heterocycles. The van der Waals surface area contributed by atoms with Gasteiger partial charge in [-0.3, -0.25) is 4.98 Å². The molecule has 0 bridgehead atoms. The Labute approximate surface area is 126 Å². The van der Waals surface area contributed by atoms with E-state index in [2.05, 4.69) is 22.0 Å². The van der Waals surface area contributed by atoms with Crippen molar-refractivity contribution < 1.29 is 0 Å². The zero-order valence-electron chi connectivity index (χ0n) is 12.5. The van der Waals surface area contributed by atoms with E-state index in [-0.39, 0.29) is 0 Å². The van der Waals surface area contributed by atoms with Crippen LogP contribution in [0.25, 0.3) is 10.9 Å². The second kappa shape index (κ2) is 5.21. The summed E-state index contributed by atoms with van der Waals surface area (Å²) in [5, 5.41) is 1.25. The lowest BCUT2D eigenvalue weighted by Gasteiger charge is -2.45. The van der Waals surface area contributed by atoms with Crippen LogP contribution in [0, 0.1) is 5.92 Å². The molecule has 0 amide bonds. The average Bonchev–Trinajstić information content (AvgIpc) is 2.53. The first-order valence-corrected chi connectivity index (χ1v) is 8.24. The molecule has 2 heterocycles. The Morgan fingerprint density at radius 1 is 1.05 bits per heavy atom. The minimum Gasteiger partial charge on any atom is -0.399 e. The Balaban J connectivity index is 1.78. The molecule has 0 radical (unpaired) electrons. The van der Waals surface area contributed by atoms with Gasteiger partial charge in [0.25, 0.3) is 0 Å². The van der Waals surface area contributed by atoms with E-state index >= 15 is 0 Å². The fourth-order valence-corrected chi connectivity index (χ4v) is 4.32. The maximum Gasteiger partial charge on any atom is 0.0743 e. The zero-order chi connectivity index (χ0) is 14.2. The molecule has 3 nitrogen and oxygen atoms in total. The molecule has 2 atom stereocenters. The Morgan fingerprint density at radius 2 is 1.90 bits per heavy atom. The molecule has 2 aromatic rings. The molecule has 2 unspecified atom stereocenters. The summed E-state index contributed by atoms with van der Waals surface area (Å²) in [5.41, 5.74) is 9.07. The van der Waals surface area contributed by atoms with Crippen LogP contribution in [0.2, 0.25) is 0 Å². The third kappa shape index (κ3) is 2.25. The van der Waals surface area contributed by atoms with Gasteiger partial charge in [-0.25, -0.2) is 0 Å². The predicted octanol–water partition coefficient (Wildman–Crippen LogP) is 3.98. The lowest BCUT2D eigenvalue weighted by Crippen LogP contribution is -2.47. The van der Waals surface area contributed by atoms with Crippen molar-refractivity contribution in [1.29, 1.82) is 0 Å². The highest BCUT2D eigenvalue weighted by molar-refractivity contribution is 5.93. The van der Waals surface area contributed by atoms with Crippen LogP contribution >= 0.6 is 0 Å². The molecule has 1 aliphatic carbocycles. The van der Waals surface area contributed by atoms with Crippen LogP contribution in [0.3, 0.4) is 0 Å². The number of pyridine rings is 1.